The maximum atomic E-state index is 10.1. The zero-order chi connectivity index (χ0) is 16.1. The van der Waals surface area contributed by atoms with Crippen molar-refractivity contribution in [1.29, 1.82) is 0 Å². The number of ether oxygens (including phenoxy) is 3. The highest BCUT2D eigenvalue weighted by atomic mass is 79.9. The van der Waals surface area contributed by atoms with Crippen LogP contribution in [0, 0.1) is 0 Å². The Labute approximate surface area is 138 Å². The molecule has 0 amide bonds. The summed E-state index contributed by atoms with van der Waals surface area (Å²) >= 11 is 3.50. The van der Waals surface area contributed by atoms with Crippen LogP contribution in [-0.2, 0) is 0 Å². The van der Waals surface area contributed by atoms with E-state index in [9.17, 15) is 5.11 Å². The molecule has 0 spiro atoms. The quantitative estimate of drug-likeness (QED) is 0.801. The molecule has 0 radical (unpaired) electrons. The van der Waals surface area contributed by atoms with Gasteiger partial charge in [-0.25, -0.2) is 0 Å². The summed E-state index contributed by atoms with van der Waals surface area (Å²) in [6, 6.07) is 9.03. The van der Waals surface area contributed by atoms with Gasteiger partial charge in [0.1, 0.15) is 0 Å². The molecule has 4 nitrogen and oxygen atoms in total. The Kier molecular flexibility index (Phi) is 5.33. The minimum absolute atomic E-state index is 0.109. The summed E-state index contributed by atoms with van der Waals surface area (Å²) in [5, 5.41) is 10.1. The molecule has 0 saturated carbocycles. The van der Waals surface area contributed by atoms with Crippen molar-refractivity contribution in [3.63, 3.8) is 0 Å². The van der Waals surface area contributed by atoms with Crippen molar-refractivity contribution in [1.82, 2.24) is 0 Å². The van der Waals surface area contributed by atoms with Gasteiger partial charge in [0.25, 0.3) is 0 Å². The summed E-state index contributed by atoms with van der Waals surface area (Å²) in [7, 11) is 4.70. The predicted molar refractivity (Wildman–Crippen MR) is 90.8 cm³/mol. The normalized spacial score (nSPS) is 10.7. The molecule has 22 heavy (non-hydrogen) atoms. The first kappa shape index (κ1) is 16.2. The van der Waals surface area contributed by atoms with Gasteiger partial charge in [0, 0.05) is 10.0 Å². The lowest BCUT2D eigenvalue weighted by Crippen LogP contribution is -1.91. The van der Waals surface area contributed by atoms with Gasteiger partial charge >= 0.3 is 0 Å². The molecule has 116 valence electrons. The summed E-state index contributed by atoms with van der Waals surface area (Å²) in [4.78, 5) is 0. The Balaban J connectivity index is 2.38. The first-order valence-corrected chi connectivity index (χ1v) is 7.35. The van der Waals surface area contributed by atoms with Crippen LogP contribution in [0.25, 0.3) is 12.2 Å². The van der Waals surface area contributed by atoms with Gasteiger partial charge in [-0.1, -0.05) is 40.2 Å². The Morgan fingerprint density at radius 1 is 0.864 bits per heavy atom. The van der Waals surface area contributed by atoms with E-state index in [0.29, 0.717) is 22.8 Å². The Hall–Kier alpha value is -2.14. The summed E-state index contributed by atoms with van der Waals surface area (Å²) < 4.78 is 16.5. The topological polar surface area (TPSA) is 47.9 Å². The highest BCUT2D eigenvalue weighted by Crippen LogP contribution is 2.35. The van der Waals surface area contributed by atoms with Gasteiger partial charge in [0.05, 0.1) is 21.3 Å². The van der Waals surface area contributed by atoms with Gasteiger partial charge in [0.2, 0.25) is 0 Å². The second-order valence-corrected chi connectivity index (χ2v) is 5.31. The number of rotatable bonds is 5. The summed E-state index contributed by atoms with van der Waals surface area (Å²) in [6.07, 6.45) is 3.68. The predicted octanol–water partition coefficient (Wildman–Crippen LogP) is 4.35. The third kappa shape index (κ3) is 3.36. The fraction of sp³-hybridized carbons (Fsp3) is 0.176. The average Bonchev–Trinajstić information content (AvgIpc) is 2.54. The molecule has 0 fully saturated rings. The van der Waals surface area contributed by atoms with Crippen LogP contribution < -0.4 is 14.2 Å². The van der Waals surface area contributed by atoms with E-state index in [1.165, 1.54) is 7.11 Å². The third-order valence-corrected chi connectivity index (χ3v) is 3.88. The van der Waals surface area contributed by atoms with Crippen molar-refractivity contribution in [3.8, 4) is 23.0 Å². The van der Waals surface area contributed by atoms with E-state index < -0.39 is 0 Å². The molecule has 0 aliphatic heterocycles. The van der Waals surface area contributed by atoms with Crippen LogP contribution in [0.5, 0.6) is 23.0 Å². The lowest BCUT2D eigenvalue weighted by atomic mass is 10.1. The lowest BCUT2D eigenvalue weighted by molar-refractivity contribution is 0.354. The van der Waals surface area contributed by atoms with E-state index in [0.717, 1.165) is 10.0 Å². The number of benzene rings is 2. The third-order valence-electron chi connectivity index (χ3n) is 3.20. The molecule has 0 saturated heterocycles. The SMILES string of the molecule is COc1cc(Br)c(/C=C/c2cccc(OC)c2O)cc1OC. The maximum absolute atomic E-state index is 10.1. The first-order chi connectivity index (χ1) is 10.6. The second-order valence-electron chi connectivity index (χ2n) is 4.46. The number of methoxy groups -OCH3 is 3. The molecule has 1 N–H and O–H groups in total. The highest BCUT2D eigenvalue weighted by Gasteiger charge is 2.08. The van der Waals surface area contributed by atoms with Gasteiger partial charge in [-0.3, -0.25) is 0 Å². The smallest absolute Gasteiger partial charge is 0.165 e. The number of hydrogen-bond acceptors (Lipinski definition) is 4. The second kappa shape index (κ2) is 7.22. The minimum Gasteiger partial charge on any atom is -0.504 e. The van der Waals surface area contributed by atoms with Crippen molar-refractivity contribution in [2.75, 3.05) is 21.3 Å². The van der Waals surface area contributed by atoms with Crippen molar-refractivity contribution in [2.45, 2.75) is 0 Å². The zero-order valence-corrected chi connectivity index (χ0v) is 14.2. The summed E-state index contributed by atoms with van der Waals surface area (Å²) in [5.41, 5.74) is 1.57. The van der Waals surface area contributed by atoms with Gasteiger partial charge in [-0.15, -0.1) is 0 Å². The van der Waals surface area contributed by atoms with Crippen molar-refractivity contribution in [2.24, 2.45) is 0 Å². The molecule has 2 aromatic carbocycles. The molecule has 5 heteroatoms. The Morgan fingerprint density at radius 2 is 1.45 bits per heavy atom. The standard InChI is InChI=1S/C17H17BrO4/c1-20-14-6-4-5-11(17(14)19)7-8-12-9-15(21-2)16(22-3)10-13(12)18/h4-10,19H,1-3H3/b8-7+. The monoisotopic (exact) mass is 364 g/mol. The van der Waals surface area contributed by atoms with Gasteiger partial charge in [-0.2, -0.15) is 0 Å². The van der Waals surface area contributed by atoms with E-state index >= 15 is 0 Å². The number of hydrogen-bond donors (Lipinski definition) is 1. The van der Waals surface area contributed by atoms with Crippen LogP contribution >= 0.6 is 15.9 Å². The molecule has 0 aromatic heterocycles. The van der Waals surface area contributed by atoms with Crippen LogP contribution in [0.4, 0.5) is 0 Å². The highest BCUT2D eigenvalue weighted by molar-refractivity contribution is 9.10. The largest absolute Gasteiger partial charge is 0.504 e. The fourth-order valence-corrected chi connectivity index (χ4v) is 2.47. The van der Waals surface area contributed by atoms with Crippen LogP contribution in [-0.4, -0.2) is 26.4 Å². The number of phenolic OH excluding ortho intramolecular Hbond substituents is 1. The lowest BCUT2D eigenvalue weighted by Gasteiger charge is -2.10. The van der Waals surface area contributed by atoms with Gasteiger partial charge < -0.3 is 19.3 Å². The molecule has 2 rings (SSSR count). The molecule has 0 atom stereocenters. The minimum atomic E-state index is 0.109. The van der Waals surface area contributed by atoms with E-state index in [-0.39, 0.29) is 5.75 Å². The number of halogens is 1. The van der Waals surface area contributed by atoms with Gasteiger partial charge in [0.15, 0.2) is 23.0 Å². The molecular weight excluding hydrogens is 348 g/mol. The van der Waals surface area contributed by atoms with E-state index in [1.807, 2.05) is 36.4 Å². The molecule has 2 aromatic rings. The van der Waals surface area contributed by atoms with Crippen molar-refractivity contribution >= 4 is 28.1 Å². The van der Waals surface area contributed by atoms with Crippen molar-refractivity contribution in [3.05, 3.63) is 45.9 Å². The van der Waals surface area contributed by atoms with Crippen LogP contribution in [0.15, 0.2) is 34.8 Å². The molecule has 0 unspecified atom stereocenters. The number of para-hydroxylation sites is 1. The molecule has 0 heterocycles. The number of phenols is 1. The molecule has 0 bridgehead atoms. The maximum Gasteiger partial charge on any atom is 0.165 e. The fourth-order valence-electron chi connectivity index (χ4n) is 2.02. The first-order valence-electron chi connectivity index (χ1n) is 6.56. The van der Waals surface area contributed by atoms with E-state index in [1.54, 1.807) is 20.3 Å². The molecular formula is C17H17BrO4. The van der Waals surface area contributed by atoms with E-state index in [4.69, 9.17) is 14.2 Å². The van der Waals surface area contributed by atoms with Crippen LogP contribution in [0.2, 0.25) is 0 Å². The Morgan fingerprint density at radius 3 is 2.09 bits per heavy atom. The Bertz CT molecular complexity index is 695. The van der Waals surface area contributed by atoms with Crippen LogP contribution in [0.3, 0.4) is 0 Å². The zero-order valence-electron chi connectivity index (χ0n) is 12.6. The molecule has 0 aliphatic carbocycles. The average molecular weight is 365 g/mol. The summed E-state index contributed by atoms with van der Waals surface area (Å²) in [5.74, 6) is 1.84. The van der Waals surface area contributed by atoms with Crippen LogP contribution in [0.1, 0.15) is 11.1 Å². The number of aromatic hydroxyl groups is 1. The van der Waals surface area contributed by atoms with Crippen molar-refractivity contribution < 1.29 is 19.3 Å². The molecule has 0 aliphatic rings. The van der Waals surface area contributed by atoms with Gasteiger partial charge in [-0.05, 0) is 23.8 Å². The summed E-state index contributed by atoms with van der Waals surface area (Å²) in [6.45, 7) is 0. The van der Waals surface area contributed by atoms with E-state index in [2.05, 4.69) is 15.9 Å².